The van der Waals surface area contributed by atoms with Crippen LogP contribution in [0.4, 0.5) is 0 Å². The first-order valence-corrected chi connectivity index (χ1v) is 7.65. The average Bonchev–Trinajstić information content (AvgIpc) is 2.89. The quantitative estimate of drug-likeness (QED) is 0.388. The van der Waals surface area contributed by atoms with Gasteiger partial charge in [0.15, 0.2) is 11.8 Å². The van der Waals surface area contributed by atoms with Gasteiger partial charge in [0.25, 0.3) is 0 Å². The van der Waals surface area contributed by atoms with Crippen molar-refractivity contribution < 1.29 is 9.26 Å². The van der Waals surface area contributed by atoms with E-state index in [1.54, 1.807) is 6.92 Å². The molecule has 1 aromatic rings. The van der Waals surface area contributed by atoms with Crippen LogP contribution >= 0.6 is 0 Å². The molecule has 0 aliphatic rings. The Morgan fingerprint density at radius 3 is 2.71 bits per heavy atom. The van der Waals surface area contributed by atoms with Crippen LogP contribution in [0.25, 0.3) is 0 Å². The topological polar surface area (TPSA) is 84.6 Å². The van der Waals surface area contributed by atoms with Gasteiger partial charge >= 0.3 is 0 Å². The molecule has 0 saturated heterocycles. The molecule has 0 saturated carbocycles. The molecule has 0 radical (unpaired) electrons. The Hall–Kier alpha value is -1.63. The number of guanidine groups is 1. The van der Waals surface area contributed by atoms with Gasteiger partial charge in [-0.05, 0) is 19.8 Å². The highest BCUT2D eigenvalue weighted by Gasteiger charge is 2.02. The summed E-state index contributed by atoms with van der Waals surface area (Å²) in [5, 5.41) is 10.3. The predicted molar refractivity (Wildman–Crippen MR) is 82.2 cm³/mol. The van der Waals surface area contributed by atoms with Gasteiger partial charge in [-0.15, -0.1) is 0 Å². The third-order valence-electron chi connectivity index (χ3n) is 2.69. The number of aromatic nitrogens is 2. The summed E-state index contributed by atoms with van der Waals surface area (Å²) in [7, 11) is 0. The van der Waals surface area contributed by atoms with Crippen LogP contribution in [-0.2, 0) is 11.3 Å². The van der Waals surface area contributed by atoms with Crippen molar-refractivity contribution in [2.45, 2.75) is 46.6 Å². The largest absolute Gasteiger partial charge is 0.381 e. The van der Waals surface area contributed by atoms with Crippen molar-refractivity contribution in [1.82, 2.24) is 20.8 Å². The number of unbranched alkanes of at least 4 members (excludes halogenated alkanes) is 1. The molecular weight excluding hydrogens is 270 g/mol. The second-order valence-corrected chi connectivity index (χ2v) is 4.67. The Balaban J connectivity index is 2.22. The van der Waals surface area contributed by atoms with E-state index in [9.17, 15) is 0 Å². The zero-order valence-electron chi connectivity index (χ0n) is 13.3. The van der Waals surface area contributed by atoms with Crippen LogP contribution in [0.1, 0.15) is 44.8 Å². The van der Waals surface area contributed by atoms with E-state index in [2.05, 4.69) is 32.7 Å². The molecule has 1 rings (SSSR count). The third-order valence-corrected chi connectivity index (χ3v) is 2.69. The van der Waals surface area contributed by atoms with Gasteiger partial charge in [-0.3, -0.25) is 0 Å². The Morgan fingerprint density at radius 1 is 1.24 bits per heavy atom. The maximum Gasteiger partial charge on any atom is 0.223 e. The maximum atomic E-state index is 5.52. The molecule has 120 valence electrons. The lowest BCUT2D eigenvalue weighted by Gasteiger charge is -2.10. The Bertz CT molecular complexity index is 406. The minimum absolute atomic E-state index is 0.402. The van der Waals surface area contributed by atoms with Gasteiger partial charge in [0, 0.05) is 33.2 Å². The van der Waals surface area contributed by atoms with Gasteiger partial charge < -0.3 is 19.9 Å². The van der Waals surface area contributed by atoms with Crippen molar-refractivity contribution in [3.63, 3.8) is 0 Å². The third kappa shape index (κ3) is 8.29. The highest BCUT2D eigenvalue weighted by molar-refractivity contribution is 5.79. The number of nitrogens with zero attached hydrogens (tertiary/aromatic N) is 3. The fourth-order valence-electron chi connectivity index (χ4n) is 1.63. The summed E-state index contributed by atoms with van der Waals surface area (Å²) >= 11 is 0. The zero-order chi connectivity index (χ0) is 15.3. The fraction of sp³-hybridized carbons (Fsp3) is 0.786. The van der Waals surface area contributed by atoms with Gasteiger partial charge in [-0.25, -0.2) is 4.99 Å². The Labute approximate surface area is 126 Å². The molecule has 0 atom stereocenters. The SMILES string of the molecule is CCCCOCCCNC(=NCc1noc(C)n1)NCC. The van der Waals surface area contributed by atoms with Crippen LogP contribution in [0.15, 0.2) is 9.52 Å². The van der Waals surface area contributed by atoms with Crippen molar-refractivity contribution in [3.8, 4) is 0 Å². The summed E-state index contributed by atoms with van der Waals surface area (Å²) in [5.41, 5.74) is 0. The van der Waals surface area contributed by atoms with Crippen LogP contribution < -0.4 is 10.6 Å². The maximum absolute atomic E-state index is 5.52. The highest BCUT2D eigenvalue weighted by atomic mass is 16.5. The van der Waals surface area contributed by atoms with Crippen LogP contribution in [0, 0.1) is 6.92 Å². The first-order chi connectivity index (χ1) is 10.3. The summed E-state index contributed by atoms with van der Waals surface area (Å²) < 4.78 is 10.4. The van der Waals surface area contributed by atoms with E-state index in [1.807, 2.05) is 6.92 Å². The number of nitrogens with one attached hydrogen (secondary N) is 2. The lowest BCUT2D eigenvalue weighted by atomic mass is 10.4. The average molecular weight is 297 g/mol. The normalized spacial score (nSPS) is 11.7. The number of ether oxygens (including phenoxy) is 1. The molecule has 0 bridgehead atoms. The van der Waals surface area contributed by atoms with Crippen LogP contribution in [-0.4, -0.2) is 42.4 Å². The van der Waals surface area contributed by atoms with Crippen molar-refractivity contribution in [3.05, 3.63) is 11.7 Å². The van der Waals surface area contributed by atoms with Crippen molar-refractivity contribution in [2.24, 2.45) is 4.99 Å². The molecule has 1 aromatic heterocycles. The molecule has 0 amide bonds. The van der Waals surface area contributed by atoms with E-state index in [-0.39, 0.29) is 0 Å². The van der Waals surface area contributed by atoms with E-state index >= 15 is 0 Å². The highest BCUT2D eigenvalue weighted by Crippen LogP contribution is 1.96. The second-order valence-electron chi connectivity index (χ2n) is 4.67. The molecule has 0 aliphatic carbocycles. The molecule has 0 unspecified atom stereocenters. The Kier molecular flexibility index (Phi) is 9.19. The Morgan fingerprint density at radius 2 is 2.05 bits per heavy atom. The summed E-state index contributed by atoms with van der Waals surface area (Å²) in [5.74, 6) is 1.91. The summed E-state index contributed by atoms with van der Waals surface area (Å²) in [6.45, 7) is 9.62. The molecule has 7 heteroatoms. The number of aliphatic imine (C=N–C) groups is 1. The molecule has 0 aromatic carbocycles. The summed E-state index contributed by atoms with van der Waals surface area (Å²) in [6, 6.07) is 0. The van der Waals surface area contributed by atoms with E-state index < -0.39 is 0 Å². The van der Waals surface area contributed by atoms with Crippen molar-refractivity contribution >= 4 is 5.96 Å². The molecule has 0 fully saturated rings. The van der Waals surface area contributed by atoms with Gasteiger partial charge in [0.2, 0.25) is 5.89 Å². The zero-order valence-corrected chi connectivity index (χ0v) is 13.3. The second kappa shape index (κ2) is 11.1. The van der Waals surface area contributed by atoms with Crippen LogP contribution in [0.2, 0.25) is 0 Å². The molecule has 21 heavy (non-hydrogen) atoms. The molecular formula is C14H27N5O2. The summed E-state index contributed by atoms with van der Waals surface area (Å²) in [4.78, 5) is 8.53. The van der Waals surface area contributed by atoms with Gasteiger partial charge in [0.1, 0.15) is 6.54 Å². The molecule has 7 nitrogen and oxygen atoms in total. The minimum atomic E-state index is 0.402. The molecule has 2 N–H and O–H groups in total. The lowest BCUT2D eigenvalue weighted by Crippen LogP contribution is -2.38. The van der Waals surface area contributed by atoms with Gasteiger partial charge in [-0.1, -0.05) is 18.5 Å². The van der Waals surface area contributed by atoms with Gasteiger partial charge in [-0.2, -0.15) is 4.98 Å². The van der Waals surface area contributed by atoms with E-state index in [4.69, 9.17) is 9.26 Å². The van der Waals surface area contributed by atoms with Crippen molar-refractivity contribution in [1.29, 1.82) is 0 Å². The number of hydrogen-bond acceptors (Lipinski definition) is 5. The predicted octanol–water partition coefficient (Wildman–Crippen LogP) is 1.64. The smallest absolute Gasteiger partial charge is 0.223 e. The van der Waals surface area contributed by atoms with Gasteiger partial charge in [0.05, 0.1) is 0 Å². The fourth-order valence-corrected chi connectivity index (χ4v) is 1.63. The molecule has 0 aliphatic heterocycles. The molecule has 0 spiro atoms. The lowest BCUT2D eigenvalue weighted by molar-refractivity contribution is 0.129. The van der Waals surface area contributed by atoms with E-state index in [0.717, 1.165) is 45.1 Å². The molecule has 1 heterocycles. The number of hydrogen-bond donors (Lipinski definition) is 2. The van der Waals surface area contributed by atoms with Crippen LogP contribution in [0.5, 0.6) is 0 Å². The van der Waals surface area contributed by atoms with E-state index in [1.165, 1.54) is 6.42 Å². The first kappa shape index (κ1) is 17.4. The van der Waals surface area contributed by atoms with Crippen LogP contribution in [0.3, 0.4) is 0 Å². The number of aryl methyl sites for hydroxylation is 1. The standard InChI is InChI=1S/C14H27N5O2/c1-4-6-9-20-10-7-8-16-14(15-5-2)17-11-13-18-12(3)21-19-13/h4-11H2,1-3H3,(H2,15,16,17). The first-order valence-electron chi connectivity index (χ1n) is 7.65. The van der Waals surface area contributed by atoms with E-state index in [0.29, 0.717) is 18.3 Å². The monoisotopic (exact) mass is 297 g/mol. The number of rotatable bonds is 10. The minimum Gasteiger partial charge on any atom is -0.381 e. The van der Waals surface area contributed by atoms with Crippen molar-refractivity contribution in [2.75, 3.05) is 26.3 Å². The summed E-state index contributed by atoms with van der Waals surface area (Å²) in [6.07, 6.45) is 3.25.